The van der Waals surface area contributed by atoms with Crippen molar-refractivity contribution in [3.05, 3.63) is 18.5 Å². The summed E-state index contributed by atoms with van der Waals surface area (Å²) < 4.78 is 10.6. The van der Waals surface area contributed by atoms with Gasteiger partial charge < -0.3 is 25.0 Å². The van der Waals surface area contributed by atoms with E-state index in [-0.39, 0.29) is 25.5 Å². The van der Waals surface area contributed by atoms with Crippen LogP contribution in [-0.4, -0.2) is 85.4 Å². The Hall–Kier alpha value is -3.51. The number of nitrogens with zero attached hydrogens (tertiary/aromatic N) is 5. The van der Waals surface area contributed by atoms with Crippen molar-refractivity contribution in [1.29, 1.82) is 0 Å². The summed E-state index contributed by atoms with van der Waals surface area (Å²) in [6.07, 6.45) is 1.42. The molecule has 0 bridgehead atoms. The van der Waals surface area contributed by atoms with Gasteiger partial charge in [-0.2, -0.15) is 4.80 Å². The van der Waals surface area contributed by atoms with Crippen molar-refractivity contribution in [3.63, 3.8) is 0 Å². The normalized spacial score (nSPS) is 25.4. The molecule has 1 saturated carbocycles. The molecular formula is C26H41N7O6. The zero-order valence-electron chi connectivity index (χ0n) is 24.1. The average molecular weight is 548 g/mol. The number of likely N-dealkylation sites (tertiary alicyclic amines) is 1. The lowest BCUT2D eigenvalue weighted by atomic mass is 9.85. The van der Waals surface area contributed by atoms with Gasteiger partial charge in [0.05, 0.1) is 12.6 Å². The molecule has 0 unspecified atom stereocenters. The zero-order chi connectivity index (χ0) is 29.3. The molecule has 39 heavy (non-hydrogen) atoms. The fourth-order valence-corrected chi connectivity index (χ4v) is 4.73. The van der Waals surface area contributed by atoms with Crippen molar-refractivity contribution in [1.82, 2.24) is 35.7 Å². The Morgan fingerprint density at radius 3 is 2.36 bits per heavy atom. The van der Waals surface area contributed by atoms with E-state index in [9.17, 15) is 19.2 Å². The lowest BCUT2D eigenvalue weighted by Crippen LogP contribution is -2.59. The van der Waals surface area contributed by atoms with Gasteiger partial charge in [0.2, 0.25) is 11.8 Å². The second-order valence-electron chi connectivity index (χ2n) is 12.2. The number of carbonyl (C=O) groups excluding carboxylic acids is 4. The molecule has 0 aromatic carbocycles. The summed E-state index contributed by atoms with van der Waals surface area (Å²) in [6.45, 7) is 18.0. The van der Waals surface area contributed by atoms with Crippen LogP contribution in [0.25, 0.3) is 0 Å². The number of hydrogen-bond acceptors (Lipinski definition) is 9. The minimum Gasteiger partial charge on any atom is -0.464 e. The molecule has 13 nitrogen and oxygen atoms in total. The van der Waals surface area contributed by atoms with Crippen LogP contribution in [0.15, 0.2) is 12.7 Å². The Bertz CT molecular complexity index is 1120. The van der Waals surface area contributed by atoms with Gasteiger partial charge in [-0.25, -0.2) is 9.59 Å². The molecule has 2 aliphatic rings. The molecule has 1 aliphatic heterocycles. The summed E-state index contributed by atoms with van der Waals surface area (Å²) in [6, 6.07) is -2.41. The molecular weight excluding hydrogens is 506 g/mol. The highest BCUT2D eigenvalue weighted by molar-refractivity contribution is 5.96. The van der Waals surface area contributed by atoms with E-state index in [1.165, 1.54) is 9.70 Å². The summed E-state index contributed by atoms with van der Waals surface area (Å²) in [7, 11) is 0. The highest BCUT2D eigenvalue weighted by atomic mass is 16.6. The van der Waals surface area contributed by atoms with Gasteiger partial charge in [-0.05, 0) is 51.7 Å². The molecule has 216 valence electrons. The van der Waals surface area contributed by atoms with Gasteiger partial charge in [0.25, 0.3) is 0 Å². The Kier molecular flexibility index (Phi) is 8.42. The number of carbonyl (C=O) groups is 4. The minimum absolute atomic E-state index is 0.104. The van der Waals surface area contributed by atoms with Gasteiger partial charge in [-0.1, -0.05) is 26.8 Å². The SMILES string of the molecule is C=C[C@@H]1C[C@]1(NC(=O)[C@@H]1C[C@@H](n2nnc(C)n2)CN1C(=O)[C@@H](NC(=O)OC(C)(C)C)C(C)(C)C)C(=O)OCC. The maximum atomic E-state index is 14.0. The molecule has 13 heteroatoms. The maximum absolute atomic E-state index is 14.0. The van der Waals surface area contributed by atoms with Crippen LogP contribution in [0.5, 0.6) is 0 Å². The van der Waals surface area contributed by atoms with E-state index in [1.54, 1.807) is 40.7 Å². The van der Waals surface area contributed by atoms with E-state index >= 15 is 0 Å². The number of nitrogens with one attached hydrogen (secondary N) is 2. The highest BCUT2D eigenvalue weighted by Gasteiger charge is 2.62. The van der Waals surface area contributed by atoms with Crippen molar-refractivity contribution in [2.45, 2.75) is 97.5 Å². The second-order valence-corrected chi connectivity index (χ2v) is 12.2. The van der Waals surface area contributed by atoms with Crippen molar-refractivity contribution in [3.8, 4) is 0 Å². The Morgan fingerprint density at radius 1 is 1.21 bits per heavy atom. The molecule has 1 aromatic rings. The van der Waals surface area contributed by atoms with E-state index in [2.05, 4.69) is 32.6 Å². The molecule has 2 fully saturated rings. The third-order valence-electron chi connectivity index (χ3n) is 6.78. The average Bonchev–Trinajstić information content (AvgIpc) is 3.12. The number of aryl methyl sites for hydroxylation is 1. The van der Waals surface area contributed by atoms with Crippen LogP contribution in [0.2, 0.25) is 0 Å². The van der Waals surface area contributed by atoms with E-state index < -0.39 is 58.6 Å². The number of tetrazole rings is 1. The molecule has 0 spiro atoms. The van der Waals surface area contributed by atoms with Gasteiger partial charge in [-0.15, -0.1) is 16.8 Å². The number of amides is 3. The van der Waals surface area contributed by atoms with E-state index in [0.29, 0.717) is 12.2 Å². The lowest BCUT2D eigenvalue weighted by Gasteiger charge is -2.36. The molecule has 1 aromatic heterocycles. The van der Waals surface area contributed by atoms with Crippen LogP contribution in [0, 0.1) is 18.3 Å². The van der Waals surface area contributed by atoms with E-state index in [1.807, 2.05) is 20.8 Å². The van der Waals surface area contributed by atoms with Crippen LogP contribution in [-0.2, 0) is 23.9 Å². The topological polar surface area (TPSA) is 158 Å². The predicted octanol–water partition coefficient (Wildman–Crippen LogP) is 1.69. The largest absolute Gasteiger partial charge is 0.464 e. The van der Waals surface area contributed by atoms with Gasteiger partial charge in [-0.3, -0.25) is 9.59 Å². The monoisotopic (exact) mass is 547 g/mol. The number of alkyl carbamates (subject to hydrolysis) is 1. The van der Waals surface area contributed by atoms with Gasteiger partial charge in [0, 0.05) is 18.9 Å². The van der Waals surface area contributed by atoms with Crippen molar-refractivity contribution >= 4 is 23.9 Å². The molecule has 1 aliphatic carbocycles. The quantitative estimate of drug-likeness (QED) is 0.365. The second kappa shape index (κ2) is 10.9. The lowest BCUT2D eigenvalue weighted by molar-refractivity contribution is -0.150. The first-order valence-corrected chi connectivity index (χ1v) is 13.2. The van der Waals surface area contributed by atoms with Gasteiger partial charge in [0.1, 0.15) is 23.2 Å². The molecule has 5 atom stereocenters. The highest BCUT2D eigenvalue weighted by Crippen LogP contribution is 2.46. The third kappa shape index (κ3) is 6.74. The summed E-state index contributed by atoms with van der Waals surface area (Å²) in [5.74, 6) is -1.34. The number of hydrogen-bond donors (Lipinski definition) is 2. The van der Waals surface area contributed by atoms with Crippen LogP contribution in [0.4, 0.5) is 4.79 Å². The fraction of sp³-hybridized carbons (Fsp3) is 0.731. The van der Waals surface area contributed by atoms with Crippen molar-refractivity contribution < 1.29 is 28.7 Å². The first kappa shape index (κ1) is 30.0. The Balaban J connectivity index is 1.91. The molecule has 3 rings (SSSR count). The summed E-state index contributed by atoms with van der Waals surface area (Å²) in [5, 5.41) is 17.8. The number of ether oxygens (including phenoxy) is 2. The van der Waals surface area contributed by atoms with Crippen LogP contribution >= 0.6 is 0 Å². The summed E-state index contributed by atoms with van der Waals surface area (Å²) in [5.41, 5.74) is -2.70. The molecule has 2 heterocycles. The first-order chi connectivity index (χ1) is 18.0. The number of esters is 1. The molecule has 0 radical (unpaired) electrons. The maximum Gasteiger partial charge on any atom is 0.408 e. The minimum atomic E-state index is -1.22. The standard InChI is InChI=1S/C26H41N7O6/c1-10-16-13-26(16,22(36)38-11-2)28-20(34)18-12-17(33-30-15(3)29-31-33)14-32(18)21(35)19(24(4,5)6)27-23(37)39-25(7,8)9/h10,16-19H,1,11-14H2,2-9H3,(H,27,37)(H,28,34)/t16-,17-,18+,19-,26-/m1/s1. The number of rotatable bonds is 8. The fourth-order valence-electron chi connectivity index (χ4n) is 4.73. The molecule has 1 saturated heterocycles. The predicted molar refractivity (Wildman–Crippen MR) is 140 cm³/mol. The summed E-state index contributed by atoms with van der Waals surface area (Å²) in [4.78, 5) is 56.0. The van der Waals surface area contributed by atoms with E-state index in [4.69, 9.17) is 9.47 Å². The first-order valence-electron chi connectivity index (χ1n) is 13.2. The number of aromatic nitrogens is 4. The Morgan fingerprint density at radius 2 is 1.87 bits per heavy atom. The zero-order valence-corrected chi connectivity index (χ0v) is 24.1. The van der Waals surface area contributed by atoms with Crippen LogP contribution < -0.4 is 10.6 Å². The van der Waals surface area contributed by atoms with Gasteiger partial charge >= 0.3 is 12.1 Å². The van der Waals surface area contributed by atoms with Gasteiger partial charge in [0.15, 0.2) is 5.82 Å². The van der Waals surface area contributed by atoms with E-state index in [0.717, 1.165) is 0 Å². The van der Waals surface area contributed by atoms with Crippen LogP contribution in [0.3, 0.4) is 0 Å². The van der Waals surface area contributed by atoms with Crippen molar-refractivity contribution in [2.75, 3.05) is 13.2 Å². The van der Waals surface area contributed by atoms with Crippen LogP contribution in [0.1, 0.15) is 73.2 Å². The molecule has 2 N–H and O–H groups in total. The Labute approximate surface area is 229 Å². The van der Waals surface area contributed by atoms with Crippen molar-refractivity contribution in [2.24, 2.45) is 11.3 Å². The summed E-state index contributed by atoms with van der Waals surface area (Å²) >= 11 is 0. The molecule has 3 amide bonds. The third-order valence-corrected chi connectivity index (χ3v) is 6.78. The smallest absolute Gasteiger partial charge is 0.408 e.